The van der Waals surface area contributed by atoms with E-state index in [9.17, 15) is 9.59 Å². The molecule has 0 amide bonds. The molecule has 0 aromatic rings. The first-order chi connectivity index (χ1) is 7.04. The Kier molecular flexibility index (Phi) is 5.48. The predicted molar refractivity (Wildman–Crippen MR) is 55.5 cm³/mol. The van der Waals surface area contributed by atoms with Crippen LogP contribution in [0.1, 0.15) is 6.92 Å². The molecular formula is C11H12O4. The van der Waals surface area contributed by atoms with Gasteiger partial charge in [0.25, 0.3) is 5.95 Å². The van der Waals surface area contributed by atoms with Crippen molar-refractivity contribution in [2.45, 2.75) is 6.92 Å². The normalized spacial score (nSPS) is 8.33. The number of rotatable bonds is 5. The first kappa shape index (κ1) is 12.9. The summed E-state index contributed by atoms with van der Waals surface area (Å²) in [6, 6.07) is 0. The number of allylic oxidation sites excluding steroid dienone is 2. The lowest BCUT2D eigenvalue weighted by molar-refractivity contribution is -0.147. The molecule has 15 heavy (non-hydrogen) atoms. The molecule has 0 rings (SSSR count). The van der Waals surface area contributed by atoms with Crippen molar-refractivity contribution >= 4 is 11.9 Å². The largest absolute Gasteiger partial charge is 0.389 e. The Morgan fingerprint density at radius 3 is 1.60 bits per heavy atom. The van der Waals surface area contributed by atoms with Crippen LogP contribution >= 0.6 is 0 Å². The van der Waals surface area contributed by atoms with Crippen LogP contribution in [0.15, 0.2) is 49.5 Å². The average molecular weight is 208 g/mol. The van der Waals surface area contributed by atoms with Crippen LogP contribution in [0.2, 0.25) is 0 Å². The monoisotopic (exact) mass is 208 g/mol. The molecule has 0 fully saturated rings. The summed E-state index contributed by atoms with van der Waals surface area (Å²) in [6.45, 7) is 11.5. The smallest absolute Gasteiger partial charge is 0.337 e. The molecule has 0 heterocycles. The van der Waals surface area contributed by atoms with Crippen molar-refractivity contribution in [3.8, 4) is 0 Å². The minimum Gasteiger partial charge on any atom is -0.389 e. The summed E-state index contributed by atoms with van der Waals surface area (Å²) in [4.78, 5) is 21.8. The van der Waals surface area contributed by atoms with Crippen molar-refractivity contribution in [3.05, 3.63) is 49.5 Å². The average Bonchev–Trinajstić information content (AvgIpc) is 2.26. The van der Waals surface area contributed by atoms with E-state index in [1.807, 2.05) is 0 Å². The highest BCUT2D eigenvalue weighted by Gasteiger charge is 2.11. The molecule has 0 aromatic carbocycles. The Bertz CT molecular complexity index is 312. The van der Waals surface area contributed by atoms with E-state index in [1.54, 1.807) is 6.92 Å². The van der Waals surface area contributed by atoms with Crippen molar-refractivity contribution in [2.75, 3.05) is 0 Å². The molecule has 4 nitrogen and oxygen atoms in total. The zero-order chi connectivity index (χ0) is 11.8. The van der Waals surface area contributed by atoms with Crippen molar-refractivity contribution in [3.63, 3.8) is 0 Å². The van der Waals surface area contributed by atoms with Crippen molar-refractivity contribution < 1.29 is 19.1 Å². The number of carbonyl (C=O) groups is 2. The fourth-order valence-corrected chi connectivity index (χ4v) is 0.531. The van der Waals surface area contributed by atoms with E-state index in [2.05, 4.69) is 29.2 Å². The summed E-state index contributed by atoms with van der Waals surface area (Å²) in [7, 11) is 0. The Balaban J connectivity index is 4.82. The van der Waals surface area contributed by atoms with Gasteiger partial charge in [0.1, 0.15) is 0 Å². The Morgan fingerprint density at radius 1 is 0.933 bits per heavy atom. The highest BCUT2D eigenvalue weighted by Crippen LogP contribution is 2.10. The molecule has 0 aliphatic rings. The van der Waals surface area contributed by atoms with Gasteiger partial charge in [-0.15, -0.1) is 0 Å². The molecule has 0 aromatic heterocycles. The van der Waals surface area contributed by atoms with Gasteiger partial charge in [0, 0.05) is 17.7 Å². The van der Waals surface area contributed by atoms with Gasteiger partial charge in [-0.25, -0.2) is 9.59 Å². The lowest BCUT2D eigenvalue weighted by Gasteiger charge is -2.07. The molecular weight excluding hydrogens is 196 g/mol. The minimum atomic E-state index is -0.719. The van der Waals surface area contributed by atoms with E-state index < -0.39 is 11.9 Å². The van der Waals surface area contributed by atoms with Gasteiger partial charge in [-0.3, -0.25) is 0 Å². The maximum Gasteiger partial charge on any atom is 0.337 e. The summed E-state index contributed by atoms with van der Waals surface area (Å²) in [5, 5.41) is 0. The minimum absolute atomic E-state index is 0.222. The summed E-state index contributed by atoms with van der Waals surface area (Å²) in [5.74, 6) is -1.66. The Morgan fingerprint density at radius 2 is 1.33 bits per heavy atom. The maximum absolute atomic E-state index is 10.9. The standard InChI is InChI=1S/C11H12O4/c1-5-8(4)11(14-9(12)6-2)15-10(13)7-3/h5-7H,1-3H2,4H3. The number of ether oxygens (including phenoxy) is 2. The van der Waals surface area contributed by atoms with Crippen LogP contribution in [0, 0.1) is 0 Å². The molecule has 80 valence electrons. The molecule has 0 unspecified atom stereocenters. The molecule has 0 N–H and O–H groups in total. The molecule has 0 aliphatic carbocycles. The third kappa shape index (κ3) is 4.61. The number of hydrogen-bond acceptors (Lipinski definition) is 4. The second-order valence-electron chi connectivity index (χ2n) is 2.43. The van der Waals surface area contributed by atoms with Gasteiger partial charge in [0.15, 0.2) is 0 Å². The molecule has 0 saturated carbocycles. The van der Waals surface area contributed by atoms with Crippen molar-refractivity contribution in [1.29, 1.82) is 0 Å². The van der Waals surface area contributed by atoms with E-state index in [-0.39, 0.29) is 5.95 Å². The third-order valence-electron chi connectivity index (χ3n) is 1.35. The summed E-state index contributed by atoms with van der Waals surface area (Å²) >= 11 is 0. The summed E-state index contributed by atoms with van der Waals surface area (Å²) in [5.41, 5.74) is 0.417. The topological polar surface area (TPSA) is 52.6 Å². The van der Waals surface area contributed by atoms with Crippen molar-refractivity contribution in [2.24, 2.45) is 0 Å². The zero-order valence-electron chi connectivity index (χ0n) is 8.49. The van der Waals surface area contributed by atoms with E-state index in [4.69, 9.17) is 0 Å². The van der Waals surface area contributed by atoms with E-state index in [1.165, 1.54) is 6.08 Å². The fraction of sp³-hybridized carbons (Fsp3) is 0.0909. The van der Waals surface area contributed by atoms with Gasteiger partial charge in [-0.05, 0) is 6.92 Å². The second kappa shape index (κ2) is 6.37. The van der Waals surface area contributed by atoms with Crippen LogP contribution in [0.5, 0.6) is 0 Å². The van der Waals surface area contributed by atoms with Crippen LogP contribution in [-0.4, -0.2) is 11.9 Å². The second-order valence-corrected chi connectivity index (χ2v) is 2.43. The van der Waals surface area contributed by atoms with Gasteiger partial charge in [0.05, 0.1) is 0 Å². The van der Waals surface area contributed by atoms with Gasteiger partial charge < -0.3 is 9.47 Å². The predicted octanol–water partition coefficient (Wildman–Crippen LogP) is 1.86. The molecule has 0 spiro atoms. The maximum atomic E-state index is 10.9. The van der Waals surface area contributed by atoms with Crippen molar-refractivity contribution in [1.82, 2.24) is 0 Å². The van der Waals surface area contributed by atoms with E-state index in [0.29, 0.717) is 5.57 Å². The SMILES string of the molecule is C=CC(=O)OC(OC(=O)C=C)=C(C)C=C. The van der Waals surface area contributed by atoms with E-state index in [0.717, 1.165) is 12.2 Å². The quantitative estimate of drug-likeness (QED) is 0.299. The van der Waals surface area contributed by atoms with Gasteiger partial charge in [-0.1, -0.05) is 25.8 Å². The van der Waals surface area contributed by atoms with Gasteiger partial charge >= 0.3 is 11.9 Å². The van der Waals surface area contributed by atoms with Crippen LogP contribution in [0.3, 0.4) is 0 Å². The number of hydrogen-bond donors (Lipinski definition) is 0. The fourth-order valence-electron chi connectivity index (χ4n) is 0.531. The third-order valence-corrected chi connectivity index (χ3v) is 1.35. The molecule has 0 atom stereocenters. The molecule has 0 radical (unpaired) electrons. The van der Waals surface area contributed by atoms with Crippen LogP contribution in [-0.2, 0) is 19.1 Å². The first-order valence-electron chi connectivity index (χ1n) is 4.07. The summed E-state index contributed by atoms with van der Waals surface area (Å²) < 4.78 is 9.37. The van der Waals surface area contributed by atoms with Gasteiger partial charge in [-0.2, -0.15) is 0 Å². The van der Waals surface area contributed by atoms with Crippen LogP contribution in [0.4, 0.5) is 0 Å². The molecule has 0 bridgehead atoms. The Hall–Kier alpha value is -2.10. The summed E-state index contributed by atoms with van der Waals surface area (Å²) in [6.07, 6.45) is 3.30. The first-order valence-corrected chi connectivity index (χ1v) is 4.07. The lowest BCUT2D eigenvalue weighted by atomic mass is 10.3. The lowest BCUT2D eigenvalue weighted by Crippen LogP contribution is -2.09. The highest BCUT2D eigenvalue weighted by molar-refractivity contribution is 5.84. The Labute approximate surface area is 88.2 Å². The molecule has 0 aliphatic heterocycles. The van der Waals surface area contributed by atoms with Crippen LogP contribution in [0.25, 0.3) is 0 Å². The van der Waals surface area contributed by atoms with Crippen LogP contribution < -0.4 is 0 Å². The molecule has 0 saturated heterocycles. The number of esters is 2. The molecule has 4 heteroatoms. The highest BCUT2D eigenvalue weighted by atomic mass is 16.7. The van der Waals surface area contributed by atoms with Gasteiger partial charge in [0.2, 0.25) is 0 Å². The zero-order valence-corrected chi connectivity index (χ0v) is 8.49. The number of carbonyl (C=O) groups excluding carboxylic acids is 2. The van der Waals surface area contributed by atoms with E-state index >= 15 is 0 Å².